The summed E-state index contributed by atoms with van der Waals surface area (Å²) in [6.45, 7) is 6.11. The lowest BCUT2D eigenvalue weighted by Gasteiger charge is -1.94. The molecule has 0 unspecified atom stereocenters. The molecule has 0 saturated carbocycles. The largest absolute Gasteiger partial charge is 0.461 e. The van der Waals surface area contributed by atoms with Crippen molar-refractivity contribution < 1.29 is 9.53 Å². The molecular formula is C11H15N3O2. The normalized spacial score (nSPS) is 9.44. The molecule has 5 heteroatoms. The second kappa shape index (κ2) is 5.85. The van der Waals surface area contributed by atoms with Crippen molar-refractivity contribution in [2.24, 2.45) is 0 Å². The van der Waals surface area contributed by atoms with Gasteiger partial charge in [0, 0.05) is 18.6 Å². The van der Waals surface area contributed by atoms with Gasteiger partial charge in [-0.1, -0.05) is 13.8 Å². The van der Waals surface area contributed by atoms with E-state index in [2.05, 4.69) is 9.97 Å². The lowest BCUT2D eigenvalue weighted by molar-refractivity contribution is 0.0520. The molecule has 0 aliphatic rings. The summed E-state index contributed by atoms with van der Waals surface area (Å²) in [5, 5.41) is 0. The highest BCUT2D eigenvalue weighted by Crippen LogP contribution is 2.04. The van der Waals surface area contributed by atoms with E-state index in [1.807, 2.05) is 13.8 Å². The van der Waals surface area contributed by atoms with E-state index < -0.39 is 5.97 Å². The molecule has 0 aliphatic carbocycles. The number of fused-ring (bicyclic) bond motifs is 1. The predicted octanol–water partition coefficient (Wildman–Crippen LogP) is 1.93. The van der Waals surface area contributed by atoms with E-state index in [1.54, 1.807) is 36.1 Å². The van der Waals surface area contributed by atoms with Crippen LogP contribution in [-0.4, -0.2) is 26.9 Å². The molecule has 5 nitrogen and oxygen atoms in total. The fraction of sp³-hybridized carbons (Fsp3) is 0.364. The molecule has 2 rings (SSSR count). The molecule has 2 heterocycles. The van der Waals surface area contributed by atoms with E-state index in [1.165, 1.54) is 0 Å². The number of hydrogen-bond donors (Lipinski definition) is 0. The van der Waals surface area contributed by atoms with Crippen LogP contribution < -0.4 is 0 Å². The Balaban J connectivity index is 0.000000606. The van der Waals surface area contributed by atoms with Gasteiger partial charge in [0.1, 0.15) is 0 Å². The third-order valence-corrected chi connectivity index (χ3v) is 1.75. The Morgan fingerprint density at radius 2 is 2.25 bits per heavy atom. The standard InChI is InChI=1S/C9H9N3O2.C2H6/c1-2-14-9(13)7-6-12-4-3-10-5-8(12)11-7;1-2/h3-6H,2H2,1H3;1-2H3. The smallest absolute Gasteiger partial charge is 0.358 e. The summed E-state index contributed by atoms with van der Waals surface area (Å²) in [5.74, 6) is -0.406. The second-order valence-electron chi connectivity index (χ2n) is 2.69. The van der Waals surface area contributed by atoms with E-state index in [0.29, 0.717) is 17.9 Å². The first-order chi connectivity index (χ1) is 7.81. The summed E-state index contributed by atoms with van der Waals surface area (Å²) in [7, 11) is 0. The van der Waals surface area contributed by atoms with Crippen LogP contribution in [0, 0.1) is 0 Å². The zero-order chi connectivity index (χ0) is 12.0. The van der Waals surface area contributed by atoms with Crippen LogP contribution in [-0.2, 0) is 4.74 Å². The van der Waals surface area contributed by atoms with Gasteiger partial charge in [0.2, 0.25) is 0 Å². The van der Waals surface area contributed by atoms with Crippen LogP contribution in [0.1, 0.15) is 31.3 Å². The van der Waals surface area contributed by atoms with Crippen molar-refractivity contribution in [2.75, 3.05) is 6.61 Å². The summed E-state index contributed by atoms with van der Waals surface area (Å²) >= 11 is 0. The lowest BCUT2D eigenvalue weighted by atomic mass is 10.5. The van der Waals surface area contributed by atoms with Crippen molar-refractivity contribution in [1.82, 2.24) is 14.4 Å². The number of imidazole rings is 1. The van der Waals surface area contributed by atoms with Gasteiger partial charge >= 0.3 is 5.97 Å². The van der Waals surface area contributed by atoms with Crippen LogP contribution in [0.25, 0.3) is 5.65 Å². The SMILES string of the molecule is CC.CCOC(=O)c1cn2ccncc2n1. The van der Waals surface area contributed by atoms with E-state index in [9.17, 15) is 4.79 Å². The van der Waals surface area contributed by atoms with Gasteiger partial charge < -0.3 is 9.14 Å². The zero-order valence-electron chi connectivity index (χ0n) is 9.67. The number of rotatable bonds is 2. The maximum atomic E-state index is 11.3. The Morgan fingerprint density at radius 1 is 1.50 bits per heavy atom. The lowest BCUT2D eigenvalue weighted by Crippen LogP contribution is -2.04. The molecular weight excluding hydrogens is 206 g/mol. The molecule has 0 radical (unpaired) electrons. The Labute approximate surface area is 94.1 Å². The molecule has 2 aromatic heterocycles. The highest BCUT2D eigenvalue weighted by atomic mass is 16.5. The molecule has 2 aromatic rings. The first-order valence-electron chi connectivity index (χ1n) is 5.27. The quantitative estimate of drug-likeness (QED) is 0.727. The van der Waals surface area contributed by atoms with E-state index in [4.69, 9.17) is 4.74 Å². The number of ether oxygens (including phenoxy) is 1. The zero-order valence-corrected chi connectivity index (χ0v) is 9.67. The van der Waals surface area contributed by atoms with Crippen LogP contribution in [0.3, 0.4) is 0 Å². The van der Waals surface area contributed by atoms with Crippen LogP contribution in [0.15, 0.2) is 24.8 Å². The van der Waals surface area contributed by atoms with Gasteiger partial charge in [-0.05, 0) is 6.92 Å². The summed E-state index contributed by atoms with van der Waals surface area (Å²) in [5.41, 5.74) is 0.940. The Kier molecular flexibility index (Phi) is 4.44. The van der Waals surface area contributed by atoms with E-state index in [-0.39, 0.29) is 0 Å². The van der Waals surface area contributed by atoms with Crippen LogP contribution in [0.4, 0.5) is 0 Å². The minimum absolute atomic E-state index is 0.305. The van der Waals surface area contributed by atoms with Crippen LogP contribution >= 0.6 is 0 Å². The molecule has 16 heavy (non-hydrogen) atoms. The number of esters is 1. The summed E-state index contributed by atoms with van der Waals surface area (Å²) in [6.07, 6.45) is 6.56. The maximum Gasteiger partial charge on any atom is 0.358 e. The highest BCUT2D eigenvalue weighted by Gasteiger charge is 2.10. The minimum Gasteiger partial charge on any atom is -0.461 e. The highest BCUT2D eigenvalue weighted by molar-refractivity contribution is 5.87. The van der Waals surface area contributed by atoms with Gasteiger partial charge in [-0.2, -0.15) is 0 Å². The van der Waals surface area contributed by atoms with Crippen molar-refractivity contribution in [2.45, 2.75) is 20.8 Å². The molecule has 0 saturated heterocycles. The minimum atomic E-state index is -0.406. The van der Waals surface area contributed by atoms with Crippen molar-refractivity contribution >= 4 is 11.6 Å². The van der Waals surface area contributed by atoms with Gasteiger partial charge in [-0.3, -0.25) is 4.98 Å². The first kappa shape index (κ1) is 12.2. The Morgan fingerprint density at radius 3 is 2.88 bits per heavy atom. The fourth-order valence-electron chi connectivity index (χ4n) is 1.15. The molecule has 0 bridgehead atoms. The molecule has 0 aliphatic heterocycles. The van der Waals surface area contributed by atoms with E-state index >= 15 is 0 Å². The number of hydrogen-bond acceptors (Lipinski definition) is 4. The van der Waals surface area contributed by atoms with E-state index in [0.717, 1.165) is 0 Å². The number of aromatic nitrogens is 3. The topological polar surface area (TPSA) is 56.5 Å². The number of nitrogens with zero attached hydrogens (tertiary/aromatic N) is 3. The van der Waals surface area contributed by atoms with Gasteiger partial charge in [-0.25, -0.2) is 9.78 Å². The molecule has 0 spiro atoms. The van der Waals surface area contributed by atoms with Crippen LogP contribution in [0.5, 0.6) is 0 Å². The second-order valence-corrected chi connectivity index (χ2v) is 2.69. The third-order valence-electron chi connectivity index (χ3n) is 1.75. The number of carbonyl (C=O) groups excluding carboxylic acids is 1. The molecule has 0 aromatic carbocycles. The maximum absolute atomic E-state index is 11.3. The average molecular weight is 221 g/mol. The molecule has 0 atom stereocenters. The Bertz CT molecular complexity index is 432. The monoisotopic (exact) mass is 221 g/mol. The van der Waals surface area contributed by atoms with Gasteiger partial charge in [-0.15, -0.1) is 0 Å². The van der Waals surface area contributed by atoms with Gasteiger partial charge in [0.15, 0.2) is 11.3 Å². The average Bonchev–Trinajstić information content (AvgIpc) is 2.75. The predicted molar refractivity (Wildman–Crippen MR) is 60.3 cm³/mol. The summed E-state index contributed by atoms with van der Waals surface area (Å²) < 4.78 is 6.54. The Hall–Kier alpha value is -1.91. The fourth-order valence-corrected chi connectivity index (χ4v) is 1.15. The van der Waals surface area contributed by atoms with Crippen molar-refractivity contribution in [3.8, 4) is 0 Å². The molecule has 0 N–H and O–H groups in total. The van der Waals surface area contributed by atoms with Crippen LogP contribution in [0.2, 0.25) is 0 Å². The summed E-state index contributed by atoms with van der Waals surface area (Å²) in [6, 6.07) is 0. The summed E-state index contributed by atoms with van der Waals surface area (Å²) in [4.78, 5) is 19.2. The first-order valence-corrected chi connectivity index (χ1v) is 5.27. The van der Waals surface area contributed by atoms with Crippen molar-refractivity contribution in [1.29, 1.82) is 0 Å². The molecule has 0 fully saturated rings. The van der Waals surface area contributed by atoms with Gasteiger partial charge in [0.05, 0.1) is 12.8 Å². The van der Waals surface area contributed by atoms with Crippen molar-refractivity contribution in [3.63, 3.8) is 0 Å². The van der Waals surface area contributed by atoms with Crippen molar-refractivity contribution in [3.05, 3.63) is 30.5 Å². The third kappa shape index (κ3) is 2.56. The van der Waals surface area contributed by atoms with Gasteiger partial charge in [0.25, 0.3) is 0 Å². The molecule has 86 valence electrons. The molecule has 0 amide bonds. The number of carbonyl (C=O) groups is 1.